The van der Waals surface area contributed by atoms with Gasteiger partial charge in [0.1, 0.15) is 4.90 Å². The lowest BCUT2D eigenvalue weighted by molar-refractivity contribution is 0.0978. The summed E-state index contributed by atoms with van der Waals surface area (Å²) < 4.78 is 31.7. The first-order valence-corrected chi connectivity index (χ1v) is 8.42. The maximum absolute atomic E-state index is 12.2. The summed E-state index contributed by atoms with van der Waals surface area (Å²) in [6.45, 7) is 3.77. The van der Waals surface area contributed by atoms with Crippen LogP contribution in [0.5, 0.6) is 0 Å². The first-order chi connectivity index (χ1) is 9.86. The molecule has 0 aliphatic rings. The summed E-state index contributed by atoms with van der Waals surface area (Å²) in [5, 5.41) is 0. The fourth-order valence-corrected chi connectivity index (χ4v) is 3.00. The van der Waals surface area contributed by atoms with E-state index in [2.05, 4.69) is 0 Å². The van der Waals surface area contributed by atoms with Crippen LogP contribution in [-0.4, -0.2) is 25.0 Å². The number of Topliss-reactive ketones (excluding diaryl/α,β-unsaturated/α-hetero) is 1. The highest BCUT2D eigenvalue weighted by molar-refractivity contribution is 7.86. The number of aldehydes is 1. The van der Waals surface area contributed by atoms with E-state index in [1.165, 1.54) is 6.07 Å². The second kappa shape index (κ2) is 7.47. The Kier molecular flexibility index (Phi) is 6.23. The SMILES string of the molecule is CCCCCC(=O)c1ccc(S(=O)(=O)O)c(C=O)c1CC. The first kappa shape index (κ1) is 17.5. The van der Waals surface area contributed by atoms with E-state index in [0.29, 0.717) is 30.3 Å². The van der Waals surface area contributed by atoms with E-state index < -0.39 is 15.0 Å². The van der Waals surface area contributed by atoms with Crippen LogP contribution in [0, 0.1) is 0 Å². The summed E-state index contributed by atoms with van der Waals surface area (Å²) in [5.74, 6) is -0.106. The molecule has 5 nitrogen and oxygen atoms in total. The van der Waals surface area contributed by atoms with Crippen molar-refractivity contribution in [1.82, 2.24) is 0 Å². The average Bonchev–Trinajstić information content (AvgIpc) is 2.44. The molecule has 0 radical (unpaired) electrons. The Morgan fingerprint density at radius 2 is 1.90 bits per heavy atom. The molecule has 0 aromatic heterocycles. The van der Waals surface area contributed by atoms with Crippen molar-refractivity contribution in [2.75, 3.05) is 0 Å². The van der Waals surface area contributed by atoms with Crippen molar-refractivity contribution in [3.63, 3.8) is 0 Å². The predicted molar refractivity (Wildman–Crippen MR) is 79.5 cm³/mol. The molecule has 0 saturated carbocycles. The molecule has 1 aromatic carbocycles. The van der Waals surface area contributed by atoms with Gasteiger partial charge in [0.25, 0.3) is 10.1 Å². The van der Waals surface area contributed by atoms with Crippen LogP contribution < -0.4 is 0 Å². The van der Waals surface area contributed by atoms with Crippen molar-refractivity contribution in [3.8, 4) is 0 Å². The molecule has 21 heavy (non-hydrogen) atoms. The zero-order chi connectivity index (χ0) is 16.0. The molecule has 0 spiro atoms. The van der Waals surface area contributed by atoms with Gasteiger partial charge in [-0.2, -0.15) is 8.42 Å². The fraction of sp³-hybridized carbons (Fsp3) is 0.467. The lowest BCUT2D eigenvalue weighted by Gasteiger charge is -2.12. The maximum Gasteiger partial charge on any atom is 0.295 e. The van der Waals surface area contributed by atoms with Crippen molar-refractivity contribution in [2.24, 2.45) is 0 Å². The molecule has 0 bridgehead atoms. The highest BCUT2D eigenvalue weighted by atomic mass is 32.2. The Morgan fingerprint density at radius 1 is 1.24 bits per heavy atom. The topological polar surface area (TPSA) is 88.5 Å². The van der Waals surface area contributed by atoms with Gasteiger partial charge in [-0.05, 0) is 30.5 Å². The number of hydrogen-bond donors (Lipinski definition) is 1. The van der Waals surface area contributed by atoms with Crippen LogP contribution in [0.1, 0.15) is 65.8 Å². The van der Waals surface area contributed by atoms with Gasteiger partial charge in [-0.25, -0.2) is 0 Å². The largest absolute Gasteiger partial charge is 0.298 e. The Hall–Kier alpha value is -1.53. The molecule has 0 aliphatic heterocycles. The minimum atomic E-state index is -4.48. The highest BCUT2D eigenvalue weighted by Crippen LogP contribution is 2.24. The second-order valence-electron chi connectivity index (χ2n) is 4.83. The molecule has 116 valence electrons. The minimum Gasteiger partial charge on any atom is -0.298 e. The Bertz CT molecular complexity index is 632. The van der Waals surface area contributed by atoms with E-state index in [4.69, 9.17) is 4.55 Å². The zero-order valence-corrected chi connectivity index (χ0v) is 13.1. The normalized spacial score (nSPS) is 11.4. The fourth-order valence-electron chi connectivity index (χ4n) is 2.31. The molecule has 1 rings (SSSR count). The Morgan fingerprint density at radius 3 is 2.38 bits per heavy atom. The van der Waals surface area contributed by atoms with Gasteiger partial charge in [-0.1, -0.05) is 26.7 Å². The monoisotopic (exact) mass is 312 g/mol. The van der Waals surface area contributed by atoms with Crippen molar-refractivity contribution in [3.05, 3.63) is 28.8 Å². The van der Waals surface area contributed by atoms with Crippen LogP contribution in [0.25, 0.3) is 0 Å². The number of unbranched alkanes of at least 4 members (excludes halogenated alkanes) is 2. The van der Waals surface area contributed by atoms with Crippen molar-refractivity contribution in [1.29, 1.82) is 0 Å². The van der Waals surface area contributed by atoms with Crippen LogP contribution in [0.3, 0.4) is 0 Å². The van der Waals surface area contributed by atoms with Crippen molar-refractivity contribution >= 4 is 22.2 Å². The smallest absolute Gasteiger partial charge is 0.295 e. The number of carbonyl (C=O) groups excluding carboxylic acids is 2. The number of hydrogen-bond acceptors (Lipinski definition) is 4. The van der Waals surface area contributed by atoms with Crippen LogP contribution >= 0.6 is 0 Å². The Balaban J connectivity index is 3.30. The summed E-state index contributed by atoms with van der Waals surface area (Å²) in [5.41, 5.74) is 0.617. The highest BCUT2D eigenvalue weighted by Gasteiger charge is 2.22. The minimum absolute atomic E-state index is 0.106. The predicted octanol–water partition coefficient (Wildman–Crippen LogP) is 3.07. The van der Waals surface area contributed by atoms with Gasteiger partial charge in [-0.3, -0.25) is 14.1 Å². The summed E-state index contributed by atoms with van der Waals surface area (Å²) in [6.07, 6.45) is 3.78. The molecular formula is C15H20O5S. The van der Waals surface area contributed by atoms with Crippen LogP contribution in [-0.2, 0) is 16.5 Å². The quantitative estimate of drug-likeness (QED) is 0.345. The first-order valence-electron chi connectivity index (χ1n) is 6.98. The van der Waals surface area contributed by atoms with Gasteiger partial charge in [0.15, 0.2) is 12.1 Å². The number of rotatable bonds is 8. The van der Waals surface area contributed by atoms with Gasteiger partial charge in [0, 0.05) is 17.5 Å². The van der Waals surface area contributed by atoms with Gasteiger partial charge >= 0.3 is 0 Å². The van der Waals surface area contributed by atoms with Crippen LogP contribution in [0.15, 0.2) is 17.0 Å². The molecule has 0 saturated heterocycles. The van der Waals surface area contributed by atoms with Crippen molar-refractivity contribution in [2.45, 2.75) is 50.8 Å². The Labute approximate surface area is 125 Å². The van der Waals surface area contributed by atoms with Crippen LogP contribution in [0.2, 0.25) is 0 Å². The van der Waals surface area contributed by atoms with Crippen molar-refractivity contribution < 1.29 is 22.6 Å². The molecule has 0 aliphatic carbocycles. The molecule has 0 heterocycles. The van der Waals surface area contributed by atoms with E-state index >= 15 is 0 Å². The van der Waals surface area contributed by atoms with E-state index in [1.807, 2.05) is 6.92 Å². The molecule has 0 unspecified atom stereocenters. The summed E-state index contributed by atoms with van der Waals surface area (Å²) in [7, 11) is -4.48. The molecule has 0 atom stereocenters. The van der Waals surface area contributed by atoms with E-state index in [0.717, 1.165) is 25.3 Å². The summed E-state index contributed by atoms with van der Waals surface area (Å²) in [6, 6.07) is 2.49. The lowest BCUT2D eigenvalue weighted by atomic mass is 9.94. The molecular weight excluding hydrogens is 292 g/mol. The third-order valence-corrected chi connectivity index (χ3v) is 4.29. The standard InChI is InChI=1S/C15H20O5S/c1-3-5-6-7-14(17)12-8-9-15(21(18,19)20)13(10-16)11(12)4-2/h8-10H,3-7H2,1-2H3,(H,18,19,20). The molecule has 1 N–H and O–H groups in total. The number of ketones is 1. The number of benzene rings is 1. The molecule has 0 amide bonds. The third kappa shape index (κ3) is 4.22. The summed E-state index contributed by atoms with van der Waals surface area (Å²) in [4.78, 5) is 23.0. The molecule has 0 fully saturated rings. The van der Waals surface area contributed by atoms with Gasteiger partial charge < -0.3 is 0 Å². The molecule has 6 heteroatoms. The van der Waals surface area contributed by atoms with Crippen LogP contribution in [0.4, 0.5) is 0 Å². The maximum atomic E-state index is 12.2. The van der Waals surface area contributed by atoms with Gasteiger partial charge in [-0.15, -0.1) is 0 Å². The van der Waals surface area contributed by atoms with E-state index in [1.54, 1.807) is 6.92 Å². The van der Waals surface area contributed by atoms with E-state index in [9.17, 15) is 18.0 Å². The third-order valence-electron chi connectivity index (χ3n) is 3.37. The zero-order valence-electron chi connectivity index (χ0n) is 12.3. The lowest BCUT2D eigenvalue weighted by Crippen LogP contribution is -2.11. The average molecular weight is 312 g/mol. The summed E-state index contributed by atoms with van der Waals surface area (Å²) >= 11 is 0. The number of carbonyl (C=O) groups is 2. The van der Waals surface area contributed by atoms with Gasteiger partial charge in [0.2, 0.25) is 0 Å². The second-order valence-corrected chi connectivity index (χ2v) is 6.22. The molecule has 1 aromatic rings. The van der Waals surface area contributed by atoms with Gasteiger partial charge in [0.05, 0.1) is 0 Å². The van der Waals surface area contributed by atoms with E-state index in [-0.39, 0.29) is 11.3 Å².